The second-order valence-corrected chi connectivity index (χ2v) is 8.66. The fraction of sp³-hybridized carbons (Fsp3) is 0.583. The molecule has 0 atom stereocenters. The lowest BCUT2D eigenvalue weighted by molar-refractivity contribution is -0.144. The third-order valence-electron chi connectivity index (χ3n) is 6.29. The molecule has 1 saturated carbocycles. The second-order valence-electron chi connectivity index (χ2n) is 8.66. The van der Waals surface area contributed by atoms with Crippen LogP contribution in [-0.4, -0.2) is 17.4 Å². The molecule has 28 heavy (non-hydrogen) atoms. The first-order valence-electron chi connectivity index (χ1n) is 10.7. The Morgan fingerprint density at radius 3 is 2.25 bits per heavy atom. The molecule has 1 aromatic carbocycles. The maximum absolute atomic E-state index is 13.3. The van der Waals surface area contributed by atoms with Gasteiger partial charge in [0.2, 0.25) is 0 Å². The topological polar surface area (TPSA) is 55.4 Å². The maximum Gasteiger partial charge on any atom is 0.313 e. The number of esters is 1. The predicted octanol–water partition coefficient (Wildman–Crippen LogP) is 4.80. The summed E-state index contributed by atoms with van der Waals surface area (Å²) in [6.45, 7) is 10.1. The molecule has 1 N–H and O–H groups in total. The van der Waals surface area contributed by atoms with Crippen molar-refractivity contribution < 1.29 is 14.3 Å². The van der Waals surface area contributed by atoms with Gasteiger partial charge in [0, 0.05) is 0 Å². The fourth-order valence-corrected chi connectivity index (χ4v) is 4.44. The van der Waals surface area contributed by atoms with E-state index in [0.29, 0.717) is 17.3 Å². The number of carbonyl (C=O) groups is 2. The molecule has 2 aliphatic rings. The summed E-state index contributed by atoms with van der Waals surface area (Å²) in [4.78, 5) is 25.9. The molecule has 1 heterocycles. The average Bonchev–Trinajstić information content (AvgIpc) is 2.94. The van der Waals surface area contributed by atoms with Gasteiger partial charge in [0.1, 0.15) is 5.76 Å². The zero-order valence-corrected chi connectivity index (χ0v) is 17.9. The fourth-order valence-electron chi connectivity index (χ4n) is 4.44. The Balaban J connectivity index is 2.21. The molecule has 0 radical (unpaired) electrons. The summed E-state index contributed by atoms with van der Waals surface area (Å²) in [6, 6.07) is 6.20. The summed E-state index contributed by atoms with van der Waals surface area (Å²) in [5.41, 5.74) is 3.26. The normalized spacial score (nSPS) is 24.8. The lowest BCUT2D eigenvalue weighted by atomic mass is 9.76. The van der Waals surface area contributed by atoms with Crippen LogP contribution in [0.1, 0.15) is 77.0 Å². The maximum atomic E-state index is 13.3. The van der Waals surface area contributed by atoms with E-state index in [4.69, 9.17) is 4.74 Å². The van der Waals surface area contributed by atoms with Crippen molar-refractivity contribution in [1.82, 2.24) is 5.32 Å². The number of ether oxygens (including phenoxy) is 1. The lowest BCUT2D eigenvalue weighted by Crippen LogP contribution is -2.48. The van der Waals surface area contributed by atoms with Crippen molar-refractivity contribution in [3.05, 3.63) is 40.6 Å². The highest BCUT2D eigenvalue weighted by molar-refractivity contribution is 6.24. The lowest BCUT2D eigenvalue weighted by Gasteiger charge is -2.37. The number of rotatable bonds is 5. The van der Waals surface area contributed by atoms with Crippen LogP contribution in [0.2, 0.25) is 0 Å². The van der Waals surface area contributed by atoms with Gasteiger partial charge in [-0.1, -0.05) is 52.8 Å². The molecule has 0 unspecified atom stereocenters. The van der Waals surface area contributed by atoms with Crippen molar-refractivity contribution in [3.63, 3.8) is 0 Å². The first-order valence-corrected chi connectivity index (χ1v) is 10.7. The molecule has 1 aliphatic heterocycles. The van der Waals surface area contributed by atoms with Gasteiger partial charge in [-0.25, -0.2) is 0 Å². The monoisotopic (exact) mass is 383 g/mol. The van der Waals surface area contributed by atoms with E-state index in [0.717, 1.165) is 55.2 Å². The summed E-state index contributed by atoms with van der Waals surface area (Å²) in [5.74, 6) is 0.586. The summed E-state index contributed by atoms with van der Waals surface area (Å²) in [7, 11) is 0. The largest absolute Gasteiger partial charge is 0.427 e. The number of aryl methyl sites for hydroxylation is 2. The van der Waals surface area contributed by atoms with Crippen molar-refractivity contribution in [2.24, 2.45) is 11.8 Å². The highest BCUT2D eigenvalue weighted by Gasteiger charge is 2.50. The van der Waals surface area contributed by atoms with Gasteiger partial charge in [0.25, 0.3) is 5.91 Å². The zero-order valence-electron chi connectivity index (χ0n) is 17.9. The molecular formula is C24H33NO3. The Kier molecular flexibility index (Phi) is 5.97. The van der Waals surface area contributed by atoms with Crippen LogP contribution in [-0.2, 0) is 27.2 Å². The minimum Gasteiger partial charge on any atom is -0.427 e. The van der Waals surface area contributed by atoms with Crippen LogP contribution in [0.15, 0.2) is 24.0 Å². The van der Waals surface area contributed by atoms with E-state index in [2.05, 4.69) is 38.2 Å². The summed E-state index contributed by atoms with van der Waals surface area (Å²) >= 11 is 0. The van der Waals surface area contributed by atoms with E-state index in [1.54, 1.807) is 0 Å². The number of carbonyl (C=O) groups excluding carboxylic acids is 2. The third kappa shape index (κ3) is 3.61. The van der Waals surface area contributed by atoms with Crippen molar-refractivity contribution in [3.8, 4) is 0 Å². The third-order valence-corrected chi connectivity index (χ3v) is 6.29. The van der Waals surface area contributed by atoms with Crippen LogP contribution >= 0.6 is 0 Å². The first-order chi connectivity index (χ1) is 13.3. The van der Waals surface area contributed by atoms with Crippen LogP contribution < -0.4 is 5.32 Å². The Morgan fingerprint density at radius 2 is 1.75 bits per heavy atom. The van der Waals surface area contributed by atoms with Crippen molar-refractivity contribution in [1.29, 1.82) is 0 Å². The van der Waals surface area contributed by atoms with E-state index in [-0.39, 0.29) is 17.8 Å². The highest BCUT2D eigenvalue weighted by Crippen LogP contribution is 2.46. The highest BCUT2D eigenvalue weighted by atomic mass is 16.5. The van der Waals surface area contributed by atoms with Crippen molar-refractivity contribution >= 4 is 17.4 Å². The summed E-state index contributed by atoms with van der Waals surface area (Å²) < 4.78 is 6.00. The molecule has 1 fully saturated rings. The Hall–Kier alpha value is -2.10. The molecular weight excluding hydrogens is 350 g/mol. The molecule has 152 valence electrons. The van der Waals surface area contributed by atoms with Gasteiger partial charge in [-0.05, 0) is 61.1 Å². The van der Waals surface area contributed by atoms with E-state index < -0.39 is 5.54 Å². The molecule has 1 spiro atoms. The van der Waals surface area contributed by atoms with Crippen LogP contribution in [0.3, 0.4) is 0 Å². The van der Waals surface area contributed by atoms with Gasteiger partial charge < -0.3 is 10.1 Å². The quantitative estimate of drug-likeness (QED) is 0.743. The standard InChI is InChI=1S/C24H33NO3/c1-6-17-9-8-10-18(7-2)19(17)20-21(28-23(27)15(3)4)24(25-22(20)26)13-11-16(5)12-14-24/h8-10,15-16H,6-7,11-14H2,1-5H3,(H,25,26). The van der Waals surface area contributed by atoms with Gasteiger partial charge >= 0.3 is 5.97 Å². The average molecular weight is 384 g/mol. The molecule has 4 nitrogen and oxygen atoms in total. The molecule has 3 rings (SSSR count). The Labute approximate surface area is 168 Å². The van der Waals surface area contributed by atoms with E-state index in [9.17, 15) is 9.59 Å². The van der Waals surface area contributed by atoms with Gasteiger partial charge in [-0.2, -0.15) is 0 Å². The molecule has 4 heteroatoms. The molecule has 1 aliphatic carbocycles. The molecule has 0 bridgehead atoms. The number of hydrogen-bond donors (Lipinski definition) is 1. The smallest absolute Gasteiger partial charge is 0.313 e. The molecule has 1 amide bonds. The van der Waals surface area contributed by atoms with E-state index in [1.165, 1.54) is 0 Å². The number of nitrogens with one attached hydrogen (secondary N) is 1. The Bertz CT molecular complexity index is 776. The van der Waals surface area contributed by atoms with Crippen LogP contribution in [0.5, 0.6) is 0 Å². The number of hydrogen-bond acceptors (Lipinski definition) is 3. The minimum atomic E-state index is -0.546. The van der Waals surface area contributed by atoms with Crippen LogP contribution in [0, 0.1) is 11.8 Å². The van der Waals surface area contributed by atoms with Crippen LogP contribution in [0.25, 0.3) is 5.57 Å². The van der Waals surface area contributed by atoms with Gasteiger partial charge in [0.15, 0.2) is 0 Å². The Morgan fingerprint density at radius 1 is 1.18 bits per heavy atom. The minimum absolute atomic E-state index is 0.100. The van der Waals surface area contributed by atoms with Gasteiger partial charge in [-0.15, -0.1) is 0 Å². The molecule has 0 aromatic heterocycles. The first kappa shape index (κ1) is 20.6. The van der Waals surface area contributed by atoms with Crippen molar-refractivity contribution in [2.75, 3.05) is 0 Å². The summed E-state index contributed by atoms with van der Waals surface area (Å²) in [6.07, 6.45) is 5.34. The SMILES string of the molecule is CCc1cccc(CC)c1C1=C(OC(=O)C(C)C)C2(CCC(C)CC2)NC1=O. The second kappa shape index (κ2) is 8.10. The van der Waals surface area contributed by atoms with Gasteiger partial charge in [-0.3, -0.25) is 9.59 Å². The summed E-state index contributed by atoms with van der Waals surface area (Å²) in [5, 5.41) is 3.25. The van der Waals surface area contributed by atoms with Crippen molar-refractivity contribution in [2.45, 2.75) is 78.7 Å². The predicted molar refractivity (Wildman–Crippen MR) is 112 cm³/mol. The molecule has 1 aromatic rings. The van der Waals surface area contributed by atoms with Crippen LogP contribution in [0.4, 0.5) is 0 Å². The van der Waals surface area contributed by atoms with E-state index >= 15 is 0 Å². The van der Waals surface area contributed by atoms with Gasteiger partial charge in [0.05, 0.1) is 17.0 Å². The number of amides is 1. The van der Waals surface area contributed by atoms with E-state index in [1.807, 2.05) is 19.9 Å². The zero-order chi connectivity index (χ0) is 20.5. The molecule has 0 saturated heterocycles. The number of benzene rings is 1.